The molecule has 126 valence electrons. The minimum Gasteiger partial charge on any atom is -0.380 e. The number of hydrogen-bond donors (Lipinski definition) is 1. The van der Waals surface area contributed by atoms with Crippen LogP contribution in [-0.2, 0) is 6.18 Å². The van der Waals surface area contributed by atoms with E-state index in [0.29, 0.717) is 5.69 Å². The van der Waals surface area contributed by atoms with Gasteiger partial charge in [-0.2, -0.15) is 13.2 Å². The molecule has 24 heavy (non-hydrogen) atoms. The predicted molar refractivity (Wildman–Crippen MR) is 99.9 cm³/mol. The molecule has 1 atom stereocenters. The van der Waals surface area contributed by atoms with Gasteiger partial charge in [-0.25, -0.2) is 0 Å². The summed E-state index contributed by atoms with van der Waals surface area (Å²) in [7, 11) is 1.37. The second-order valence-electron chi connectivity index (χ2n) is 5.01. The molecule has 3 nitrogen and oxygen atoms in total. The van der Waals surface area contributed by atoms with Gasteiger partial charge in [0, 0.05) is 46.4 Å². The SMILES string of the molecule is OC(c1ccc(C(F)(F)F)cn1)c1cc2cc(Br)ccc2n1SI. The number of pyridine rings is 1. The summed E-state index contributed by atoms with van der Waals surface area (Å²) in [6, 6.07) is 9.63. The first-order chi connectivity index (χ1) is 11.3. The maximum Gasteiger partial charge on any atom is 0.417 e. The molecular weight excluding hydrogens is 520 g/mol. The van der Waals surface area contributed by atoms with Gasteiger partial charge in [0.25, 0.3) is 0 Å². The molecule has 0 aliphatic heterocycles. The van der Waals surface area contributed by atoms with E-state index in [4.69, 9.17) is 0 Å². The Morgan fingerprint density at radius 3 is 2.54 bits per heavy atom. The number of aromatic nitrogens is 2. The predicted octanol–water partition coefficient (Wildman–Crippen LogP) is 5.75. The van der Waals surface area contributed by atoms with Crippen molar-refractivity contribution in [3.8, 4) is 0 Å². The van der Waals surface area contributed by atoms with Gasteiger partial charge in [0.15, 0.2) is 0 Å². The first-order valence-corrected chi connectivity index (χ1v) is 10.7. The van der Waals surface area contributed by atoms with E-state index < -0.39 is 17.8 Å². The zero-order valence-corrected chi connectivity index (χ0v) is 16.3. The summed E-state index contributed by atoms with van der Waals surface area (Å²) in [5.74, 6) is 0. The van der Waals surface area contributed by atoms with Crippen molar-refractivity contribution < 1.29 is 18.3 Å². The van der Waals surface area contributed by atoms with E-state index in [1.807, 2.05) is 22.2 Å². The molecule has 0 bridgehead atoms. The molecule has 1 unspecified atom stereocenters. The minimum atomic E-state index is -4.45. The molecule has 0 amide bonds. The average molecular weight is 529 g/mol. The Balaban J connectivity index is 2.03. The van der Waals surface area contributed by atoms with Crippen LogP contribution in [0.3, 0.4) is 0 Å². The van der Waals surface area contributed by atoms with E-state index >= 15 is 0 Å². The second kappa shape index (κ2) is 6.85. The minimum absolute atomic E-state index is 0.163. The normalized spacial score (nSPS) is 13.4. The Labute approximate surface area is 160 Å². The van der Waals surface area contributed by atoms with Gasteiger partial charge in [-0.15, -0.1) is 0 Å². The first kappa shape index (κ1) is 18.0. The molecular formula is C15H9BrF3IN2OS. The highest BCUT2D eigenvalue weighted by Crippen LogP contribution is 2.35. The Bertz CT molecular complexity index is 883. The maximum absolute atomic E-state index is 12.6. The molecule has 1 N–H and O–H groups in total. The van der Waals surface area contributed by atoms with Crippen molar-refractivity contribution in [3.05, 3.63) is 64.0 Å². The molecule has 0 saturated heterocycles. The second-order valence-corrected chi connectivity index (χ2v) is 7.61. The number of alkyl halides is 3. The van der Waals surface area contributed by atoms with E-state index in [1.165, 1.54) is 15.2 Å². The molecule has 9 heteroatoms. The summed E-state index contributed by atoms with van der Waals surface area (Å²) >= 11 is 5.49. The number of fused-ring (bicyclic) bond motifs is 1. The van der Waals surface area contributed by atoms with E-state index in [1.54, 1.807) is 6.07 Å². The fourth-order valence-corrected chi connectivity index (χ4v) is 4.51. The Morgan fingerprint density at radius 1 is 1.21 bits per heavy atom. The number of hydrogen-bond acceptors (Lipinski definition) is 3. The largest absolute Gasteiger partial charge is 0.417 e. The lowest BCUT2D eigenvalue weighted by Gasteiger charge is -2.13. The summed E-state index contributed by atoms with van der Waals surface area (Å²) in [5.41, 5.74) is 0.774. The molecule has 2 heterocycles. The smallest absolute Gasteiger partial charge is 0.380 e. The van der Waals surface area contributed by atoms with Gasteiger partial charge in [-0.3, -0.25) is 8.96 Å². The van der Waals surface area contributed by atoms with Crippen LogP contribution in [-0.4, -0.2) is 14.1 Å². The van der Waals surface area contributed by atoms with Gasteiger partial charge in [0.05, 0.1) is 22.5 Å². The molecule has 1 aromatic carbocycles. The van der Waals surface area contributed by atoms with E-state index in [0.717, 1.165) is 27.6 Å². The van der Waals surface area contributed by atoms with Gasteiger partial charge < -0.3 is 5.11 Å². The number of nitrogens with zero attached hydrogens (tertiary/aromatic N) is 2. The van der Waals surface area contributed by atoms with Crippen LogP contribution in [0.25, 0.3) is 10.9 Å². The molecule has 3 rings (SSSR count). The topological polar surface area (TPSA) is 38.1 Å². The van der Waals surface area contributed by atoms with Gasteiger partial charge in [0.1, 0.15) is 6.10 Å². The van der Waals surface area contributed by atoms with Crippen molar-refractivity contribution in [2.75, 3.05) is 0 Å². The standard InChI is InChI=1S/C15H9BrF3IN2OS/c16-10-2-4-12-8(5-10)6-13(22(12)24-20)14(23)11-3-1-9(7-21-11)15(17,18)19/h1-7,14,23H. The number of benzene rings is 1. The molecule has 0 fully saturated rings. The third-order valence-electron chi connectivity index (χ3n) is 3.49. The third-order valence-corrected chi connectivity index (χ3v) is 5.71. The Hall–Kier alpha value is -0.780. The van der Waals surface area contributed by atoms with Crippen molar-refractivity contribution in [2.24, 2.45) is 0 Å². The monoisotopic (exact) mass is 528 g/mol. The number of rotatable bonds is 3. The average Bonchev–Trinajstić information content (AvgIpc) is 2.90. The zero-order chi connectivity index (χ0) is 17.5. The van der Waals surface area contributed by atoms with E-state index in [9.17, 15) is 18.3 Å². The fourth-order valence-electron chi connectivity index (χ4n) is 2.34. The summed E-state index contributed by atoms with van der Waals surface area (Å²) in [4.78, 5) is 3.78. The Morgan fingerprint density at radius 2 is 1.96 bits per heavy atom. The van der Waals surface area contributed by atoms with Crippen LogP contribution in [0.2, 0.25) is 0 Å². The molecule has 0 radical (unpaired) electrons. The van der Waals surface area contributed by atoms with Crippen LogP contribution < -0.4 is 0 Å². The van der Waals surface area contributed by atoms with Crippen molar-refractivity contribution >= 4 is 57.2 Å². The lowest BCUT2D eigenvalue weighted by Crippen LogP contribution is -2.09. The highest BCUT2D eigenvalue weighted by Gasteiger charge is 2.31. The fraction of sp³-hybridized carbons (Fsp3) is 0.133. The zero-order valence-electron chi connectivity index (χ0n) is 11.8. The van der Waals surface area contributed by atoms with Crippen molar-refractivity contribution in [3.63, 3.8) is 0 Å². The summed E-state index contributed by atoms with van der Waals surface area (Å²) < 4.78 is 40.6. The van der Waals surface area contributed by atoms with E-state index in [2.05, 4.69) is 42.1 Å². The number of halogens is 5. The molecule has 2 aromatic heterocycles. The van der Waals surface area contributed by atoms with Crippen LogP contribution in [0.4, 0.5) is 13.2 Å². The lowest BCUT2D eigenvalue weighted by molar-refractivity contribution is -0.137. The van der Waals surface area contributed by atoms with Crippen molar-refractivity contribution in [1.29, 1.82) is 0 Å². The quantitative estimate of drug-likeness (QED) is 0.440. The Kier molecular flexibility index (Phi) is 5.14. The molecule has 3 aromatic rings. The number of aliphatic hydroxyl groups is 1. The van der Waals surface area contributed by atoms with Crippen LogP contribution >= 0.6 is 46.3 Å². The van der Waals surface area contributed by atoms with Crippen molar-refractivity contribution in [2.45, 2.75) is 12.3 Å². The van der Waals surface area contributed by atoms with Crippen molar-refractivity contribution in [1.82, 2.24) is 8.96 Å². The first-order valence-electron chi connectivity index (χ1n) is 6.62. The number of aliphatic hydroxyl groups excluding tert-OH is 1. The van der Waals surface area contributed by atoms with Gasteiger partial charge in [-0.05, 0) is 36.4 Å². The van der Waals surface area contributed by atoms with Crippen LogP contribution in [0.15, 0.2) is 47.1 Å². The highest BCUT2D eigenvalue weighted by atomic mass is 127. The van der Waals surface area contributed by atoms with Gasteiger partial charge >= 0.3 is 6.18 Å². The maximum atomic E-state index is 12.6. The summed E-state index contributed by atoms with van der Waals surface area (Å²) in [5, 5.41) is 11.5. The molecule has 0 aliphatic carbocycles. The summed E-state index contributed by atoms with van der Waals surface area (Å²) in [6.45, 7) is 0. The van der Waals surface area contributed by atoms with Crippen LogP contribution in [0.5, 0.6) is 0 Å². The molecule has 0 spiro atoms. The van der Waals surface area contributed by atoms with Gasteiger partial charge in [-0.1, -0.05) is 15.9 Å². The summed E-state index contributed by atoms with van der Waals surface area (Å²) in [6.07, 6.45) is -4.84. The third kappa shape index (κ3) is 3.44. The molecule has 0 aliphatic rings. The highest BCUT2D eigenvalue weighted by molar-refractivity contribution is 14.2. The molecule has 0 saturated carbocycles. The van der Waals surface area contributed by atoms with Crippen LogP contribution in [0, 0.1) is 0 Å². The van der Waals surface area contributed by atoms with Crippen LogP contribution in [0.1, 0.15) is 23.1 Å². The van der Waals surface area contributed by atoms with E-state index in [-0.39, 0.29) is 5.69 Å². The van der Waals surface area contributed by atoms with Gasteiger partial charge in [0.2, 0.25) is 0 Å². The lowest BCUT2D eigenvalue weighted by atomic mass is 10.1.